The number of rotatable bonds is 6. The van der Waals surface area contributed by atoms with E-state index in [1.54, 1.807) is 6.92 Å². The predicted molar refractivity (Wildman–Crippen MR) is 66.4 cm³/mol. The van der Waals surface area contributed by atoms with Crippen molar-refractivity contribution in [2.75, 3.05) is 5.75 Å². The molecule has 0 saturated carbocycles. The van der Waals surface area contributed by atoms with E-state index in [-0.39, 0.29) is 24.3 Å². The summed E-state index contributed by atoms with van der Waals surface area (Å²) < 4.78 is 0. The standard InChI is InChI=1S/C11H21NO3S/c1-4-5-10(14)6-11(15)12(9(3)13)8(2)7-16/h8,10,14,16H,4-7H2,1-3H3/t8-,10+/m0/s1. The van der Waals surface area contributed by atoms with E-state index < -0.39 is 6.10 Å². The minimum atomic E-state index is -0.661. The van der Waals surface area contributed by atoms with Crippen LogP contribution in [0.15, 0.2) is 0 Å². The van der Waals surface area contributed by atoms with Crippen molar-refractivity contribution < 1.29 is 14.7 Å². The van der Waals surface area contributed by atoms with E-state index in [0.717, 1.165) is 6.42 Å². The molecular weight excluding hydrogens is 226 g/mol. The lowest BCUT2D eigenvalue weighted by atomic mass is 10.1. The fraction of sp³-hybridized carbons (Fsp3) is 0.818. The lowest BCUT2D eigenvalue weighted by Crippen LogP contribution is -2.44. The second-order valence-corrected chi connectivity index (χ2v) is 4.33. The molecule has 0 aliphatic heterocycles. The molecule has 0 spiro atoms. The number of amides is 2. The van der Waals surface area contributed by atoms with E-state index in [9.17, 15) is 14.7 Å². The Morgan fingerprint density at radius 3 is 2.38 bits per heavy atom. The molecule has 0 bridgehead atoms. The third kappa shape index (κ3) is 4.99. The van der Waals surface area contributed by atoms with Crippen molar-refractivity contribution >= 4 is 24.4 Å². The number of hydrogen-bond acceptors (Lipinski definition) is 4. The number of thiol groups is 1. The Morgan fingerprint density at radius 1 is 1.44 bits per heavy atom. The van der Waals surface area contributed by atoms with Crippen LogP contribution < -0.4 is 0 Å². The zero-order valence-corrected chi connectivity index (χ0v) is 11.0. The molecule has 0 aromatic carbocycles. The Kier molecular flexibility index (Phi) is 7.42. The number of aliphatic hydroxyl groups excluding tert-OH is 1. The van der Waals surface area contributed by atoms with Gasteiger partial charge in [-0.15, -0.1) is 0 Å². The Balaban J connectivity index is 4.45. The molecular formula is C11H21NO3S. The van der Waals surface area contributed by atoms with Crippen molar-refractivity contribution in [2.24, 2.45) is 0 Å². The summed E-state index contributed by atoms with van der Waals surface area (Å²) in [6.45, 7) is 5.05. The molecule has 2 atom stereocenters. The molecule has 0 unspecified atom stereocenters. The molecule has 0 aromatic rings. The van der Waals surface area contributed by atoms with Gasteiger partial charge < -0.3 is 5.11 Å². The lowest BCUT2D eigenvalue weighted by Gasteiger charge is -2.26. The van der Waals surface area contributed by atoms with E-state index in [0.29, 0.717) is 12.2 Å². The Labute approximate surface area is 102 Å². The van der Waals surface area contributed by atoms with E-state index >= 15 is 0 Å². The average molecular weight is 247 g/mol. The van der Waals surface area contributed by atoms with Crippen LogP contribution in [-0.2, 0) is 9.59 Å². The minimum Gasteiger partial charge on any atom is -0.393 e. The van der Waals surface area contributed by atoms with Gasteiger partial charge in [0.05, 0.1) is 12.5 Å². The molecule has 0 radical (unpaired) electrons. The summed E-state index contributed by atoms with van der Waals surface area (Å²) in [5, 5.41) is 9.53. The SMILES string of the molecule is CCC[C@@H](O)CC(=O)N(C(C)=O)[C@@H](C)CS. The first kappa shape index (κ1) is 15.4. The number of nitrogens with zero attached hydrogens (tertiary/aromatic N) is 1. The summed E-state index contributed by atoms with van der Waals surface area (Å²) in [6.07, 6.45) is 0.737. The van der Waals surface area contributed by atoms with Crippen LogP contribution in [0.5, 0.6) is 0 Å². The van der Waals surface area contributed by atoms with Gasteiger partial charge in [0.1, 0.15) is 0 Å². The first-order chi connectivity index (χ1) is 7.43. The maximum Gasteiger partial charge on any atom is 0.232 e. The Bertz CT molecular complexity index is 245. The first-order valence-corrected chi connectivity index (χ1v) is 6.18. The van der Waals surface area contributed by atoms with Crippen molar-refractivity contribution in [3.05, 3.63) is 0 Å². The van der Waals surface area contributed by atoms with Crippen molar-refractivity contribution in [1.82, 2.24) is 4.90 Å². The summed E-state index contributed by atoms with van der Waals surface area (Å²) in [6, 6.07) is -0.234. The van der Waals surface area contributed by atoms with Crippen LogP contribution >= 0.6 is 12.6 Å². The lowest BCUT2D eigenvalue weighted by molar-refractivity contribution is -0.146. The van der Waals surface area contributed by atoms with Gasteiger partial charge in [-0.2, -0.15) is 12.6 Å². The predicted octanol–water partition coefficient (Wildman–Crippen LogP) is 1.23. The van der Waals surface area contributed by atoms with E-state index in [1.165, 1.54) is 11.8 Å². The maximum atomic E-state index is 11.8. The van der Waals surface area contributed by atoms with Gasteiger partial charge in [0.25, 0.3) is 0 Å². The summed E-state index contributed by atoms with van der Waals surface area (Å²) in [5.74, 6) is -0.194. The minimum absolute atomic E-state index is 0.00549. The molecule has 2 amide bonds. The number of aliphatic hydroxyl groups is 1. The molecule has 0 aromatic heterocycles. The molecule has 0 heterocycles. The summed E-state index contributed by atoms with van der Waals surface area (Å²) >= 11 is 4.07. The summed E-state index contributed by atoms with van der Waals surface area (Å²) in [5.41, 5.74) is 0. The van der Waals surface area contributed by atoms with Crippen LogP contribution in [0.1, 0.15) is 40.0 Å². The van der Waals surface area contributed by atoms with Gasteiger partial charge in [-0.3, -0.25) is 14.5 Å². The monoisotopic (exact) mass is 247 g/mol. The van der Waals surface area contributed by atoms with Gasteiger partial charge in [-0.05, 0) is 13.3 Å². The van der Waals surface area contributed by atoms with Crippen molar-refractivity contribution in [3.63, 3.8) is 0 Å². The van der Waals surface area contributed by atoms with Crippen molar-refractivity contribution in [1.29, 1.82) is 0 Å². The highest BCUT2D eigenvalue weighted by atomic mass is 32.1. The Morgan fingerprint density at radius 2 is 2.00 bits per heavy atom. The van der Waals surface area contributed by atoms with Crippen LogP contribution in [-0.4, -0.2) is 39.7 Å². The molecule has 94 valence electrons. The second kappa shape index (κ2) is 7.68. The highest BCUT2D eigenvalue weighted by Crippen LogP contribution is 2.09. The number of carbonyl (C=O) groups is 2. The van der Waals surface area contributed by atoms with Gasteiger partial charge in [0.2, 0.25) is 11.8 Å². The molecule has 0 rings (SSSR count). The van der Waals surface area contributed by atoms with E-state index in [2.05, 4.69) is 12.6 Å². The van der Waals surface area contributed by atoms with Gasteiger partial charge in [-0.25, -0.2) is 0 Å². The quantitative estimate of drug-likeness (QED) is 0.694. The van der Waals surface area contributed by atoms with Crippen LogP contribution in [0.3, 0.4) is 0 Å². The van der Waals surface area contributed by atoms with Crippen LogP contribution in [0, 0.1) is 0 Å². The van der Waals surface area contributed by atoms with Crippen LogP contribution in [0.2, 0.25) is 0 Å². The number of imide groups is 1. The maximum absolute atomic E-state index is 11.8. The van der Waals surface area contributed by atoms with Crippen molar-refractivity contribution in [3.8, 4) is 0 Å². The van der Waals surface area contributed by atoms with Gasteiger partial charge in [-0.1, -0.05) is 13.3 Å². The molecule has 5 heteroatoms. The molecule has 0 aliphatic rings. The van der Waals surface area contributed by atoms with Gasteiger partial charge in [0, 0.05) is 18.7 Å². The van der Waals surface area contributed by atoms with E-state index in [4.69, 9.17) is 0 Å². The van der Waals surface area contributed by atoms with Crippen LogP contribution in [0.4, 0.5) is 0 Å². The number of hydrogen-bond donors (Lipinski definition) is 2. The van der Waals surface area contributed by atoms with Crippen LogP contribution in [0.25, 0.3) is 0 Å². The molecule has 0 saturated heterocycles. The normalized spacial score (nSPS) is 14.3. The third-order valence-corrected chi connectivity index (χ3v) is 2.87. The Hall–Kier alpha value is -0.550. The topological polar surface area (TPSA) is 57.6 Å². The summed E-state index contributed by atoms with van der Waals surface area (Å²) in [7, 11) is 0. The zero-order chi connectivity index (χ0) is 12.7. The summed E-state index contributed by atoms with van der Waals surface area (Å²) in [4.78, 5) is 24.3. The fourth-order valence-corrected chi connectivity index (χ4v) is 1.71. The fourth-order valence-electron chi connectivity index (χ4n) is 1.55. The van der Waals surface area contributed by atoms with Gasteiger partial charge in [0.15, 0.2) is 0 Å². The zero-order valence-electron chi connectivity index (χ0n) is 10.1. The molecule has 0 aliphatic carbocycles. The number of carbonyl (C=O) groups excluding carboxylic acids is 2. The van der Waals surface area contributed by atoms with E-state index in [1.807, 2.05) is 6.92 Å². The highest BCUT2D eigenvalue weighted by molar-refractivity contribution is 7.80. The molecule has 0 fully saturated rings. The molecule has 1 N–H and O–H groups in total. The largest absolute Gasteiger partial charge is 0.393 e. The highest BCUT2D eigenvalue weighted by Gasteiger charge is 2.24. The first-order valence-electron chi connectivity index (χ1n) is 5.55. The second-order valence-electron chi connectivity index (χ2n) is 3.96. The third-order valence-electron chi connectivity index (χ3n) is 2.35. The molecule has 4 nitrogen and oxygen atoms in total. The van der Waals surface area contributed by atoms with Crippen molar-refractivity contribution in [2.45, 2.75) is 52.2 Å². The molecule has 16 heavy (non-hydrogen) atoms. The smallest absolute Gasteiger partial charge is 0.232 e. The van der Waals surface area contributed by atoms with Gasteiger partial charge >= 0.3 is 0 Å². The average Bonchev–Trinajstić information content (AvgIpc) is 2.17.